The molecule has 0 radical (unpaired) electrons. The number of amides is 1. The molecule has 9 nitrogen and oxygen atoms in total. The number of fused-ring (bicyclic) bond motifs is 2. The van der Waals surface area contributed by atoms with Gasteiger partial charge in [-0.1, -0.05) is 17.7 Å². The van der Waals surface area contributed by atoms with Gasteiger partial charge >= 0.3 is 0 Å². The third-order valence-electron chi connectivity index (χ3n) is 5.11. The zero-order valence-corrected chi connectivity index (χ0v) is 17.0. The van der Waals surface area contributed by atoms with Crippen molar-refractivity contribution < 1.29 is 14.3 Å². The number of carbonyl (C=O) groups is 1. The molecular weight excluding hydrogens is 398 g/mol. The van der Waals surface area contributed by atoms with Gasteiger partial charge < -0.3 is 14.8 Å². The number of rotatable bonds is 4. The van der Waals surface area contributed by atoms with Crippen LogP contribution in [-0.2, 0) is 11.3 Å². The zero-order valence-electron chi connectivity index (χ0n) is 17.0. The molecule has 0 fully saturated rings. The highest BCUT2D eigenvalue weighted by Crippen LogP contribution is 2.34. The molecule has 0 spiro atoms. The van der Waals surface area contributed by atoms with Gasteiger partial charge in [-0.3, -0.25) is 14.2 Å². The van der Waals surface area contributed by atoms with Crippen LogP contribution in [0.25, 0.3) is 16.7 Å². The molecule has 2 aromatic heterocycles. The van der Waals surface area contributed by atoms with Crippen LogP contribution in [0, 0.1) is 13.8 Å². The fourth-order valence-corrected chi connectivity index (χ4v) is 3.61. The summed E-state index contributed by atoms with van der Waals surface area (Å²) in [5, 5.41) is 7.45. The number of carbonyl (C=O) groups excluding carboxylic acids is 1. The Hall–Kier alpha value is -4.14. The molecule has 31 heavy (non-hydrogen) atoms. The second-order valence-corrected chi connectivity index (χ2v) is 7.38. The van der Waals surface area contributed by atoms with Crippen molar-refractivity contribution in [3.63, 3.8) is 0 Å². The van der Waals surface area contributed by atoms with E-state index in [2.05, 4.69) is 15.4 Å². The molecular formula is C22H19N5O4. The Morgan fingerprint density at radius 1 is 1.13 bits per heavy atom. The summed E-state index contributed by atoms with van der Waals surface area (Å²) < 4.78 is 13.5. The van der Waals surface area contributed by atoms with Crippen molar-refractivity contribution >= 4 is 22.6 Å². The summed E-state index contributed by atoms with van der Waals surface area (Å²) >= 11 is 0. The first-order chi connectivity index (χ1) is 15.0. The Morgan fingerprint density at radius 3 is 2.81 bits per heavy atom. The van der Waals surface area contributed by atoms with Crippen molar-refractivity contribution in [3.05, 3.63) is 70.4 Å². The van der Waals surface area contributed by atoms with Crippen molar-refractivity contribution in [1.82, 2.24) is 19.3 Å². The van der Waals surface area contributed by atoms with Gasteiger partial charge in [-0.05, 0) is 37.6 Å². The second kappa shape index (κ2) is 7.28. The van der Waals surface area contributed by atoms with Gasteiger partial charge in [-0.2, -0.15) is 5.10 Å². The average molecular weight is 417 g/mol. The van der Waals surface area contributed by atoms with Gasteiger partial charge in [0.1, 0.15) is 18.3 Å². The molecule has 0 saturated heterocycles. The first-order valence-corrected chi connectivity index (χ1v) is 9.70. The highest BCUT2D eigenvalue weighted by atomic mass is 16.7. The van der Waals surface area contributed by atoms with Crippen molar-refractivity contribution in [2.45, 2.75) is 20.4 Å². The van der Waals surface area contributed by atoms with E-state index < -0.39 is 0 Å². The van der Waals surface area contributed by atoms with Crippen molar-refractivity contribution in [3.8, 4) is 17.2 Å². The van der Waals surface area contributed by atoms with Crippen LogP contribution in [0.5, 0.6) is 11.5 Å². The summed E-state index contributed by atoms with van der Waals surface area (Å²) in [4.78, 5) is 29.8. The molecule has 0 atom stereocenters. The van der Waals surface area contributed by atoms with Crippen molar-refractivity contribution in [2.24, 2.45) is 0 Å². The number of benzene rings is 2. The first kappa shape index (κ1) is 18.9. The van der Waals surface area contributed by atoms with Crippen LogP contribution >= 0.6 is 0 Å². The Kier molecular flexibility index (Phi) is 4.43. The fourth-order valence-electron chi connectivity index (χ4n) is 3.61. The summed E-state index contributed by atoms with van der Waals surface area (Å²) in [6.45, 7) is 3.98. The van der Waals surface area contributed by atoms with Crippen molar-refractivity contribution in [2.75, 3.05) is 12.1 Å². The van der Waals surface area contributed by atoms with Crippen LogP contribution < -0.4 is 20.3 Å². The highest BCUT2D eigenvalue weighted by molar-refractivity contribution is 5.91. The molecule has 0 aliphatic carbocycles. The van der Waals surface area contributed by atoms with E-state index in [0.717, 1.165) is 16.8 Å². The van der Waals surface area contributed by atoms with Gasteiger partial charge in [0.25, 0.3) is 5.56 Å². The van der Waals surface area contributed by atoms with Gasteiger partial charge in [0.15, 0.2) is 17.1 Å². The summed E-state index contributed by atoms with van der Waals surface area (Å²) in [6.07, 6.45) is 2.85. The third-order valence-corrected chi connectivity index (χ3v) is 5.11. The standard InChI is InChI=1S/C22H19N5O4/c1-13-3-5-17(14(2)7-13)27-21-16(9-24-27)22(29)26(11-23-21)10-20(28)25-15-4-6-18-19(8-15)31-12-30-18/h3-9,11H,10,12H2,1-2H3,(H,25,28). The van der Waals surface area contributed by atoms with Crippen LogP contribution in [-0.4, -0.2) is 32.0 Å². The van der Waals surface area contributed by atoms with E-state index in [-0.39, 0.29) is 24.8 Å². The monoisotopic (exact) mass is 417 g/mol. The predicted octanol–water partition coefficient (Wildman–Crippen LogP) is 2.57. The molecule has 3 heterocycles. The maximum atomic E-state index is 12.9. The van der Waals surface area contributed by atoms with E-state index in [0.29, 0.717) is 28.2 Å². The van der Waals surface area contributed by atoms with E-state index in [1.165, 1.54) is 17.1 Å². The van der Waals surface area contributed by atoms with E-state index in [1.807, 2.05) is 32.0 Å². The predicted molar refractivity (Wildman–Crippen MR) is 114 cm³/mol. The van der Waals surface area contributed by atoms with Crippen LogP contribution in [0.1, 0.15) is 11.1 Å². The number of aryl methyl sites for hydroxylation is 2. The number of nitrogens with zero attached hydrogens (tertiary/aromatic N) is 4. The molecule has 0 bridgehead atoms. The smallest absolute Gasteiger partial charge is 0.264 e. The molecule has 1 amide bonds. The molecule has 5 rings (SSSR count). The Bertz CT molecular complexity index is 1390. The summed E-state index contributed by atoms with van der Waals surface area (Å²) in [7, 11) is 0. The highest BCUT2D eigenvalue weighted by Gasteiger charge is 2.16. The van der Waals surface area contributed by atoms with E-state index >= 15 is 0 Å². The van der Waals surface area contributed by atoms with Crippen LogP contribution in [0.15, 0.2) is 53.7 Å². The quantitative estimate of drug-likeness (QED) is 0.548. The number of anilines is 1. The van der Waals surface area contributed by atoms with Crippen LogP contribution in [0.2, 0.25) is 0 Å². The number of hydrogen-bond donors (Lipinski definition) is 1. The summed E-state index contributed by atoms with van der Waals surface area (Å²) in [6, 6.07) is 11.1. The maximum absolute atomic E-state index is 12.9. The van der Waals surface area contributed by atoms with E-state index in [1.54, 1.807) is 22.9 Å². The fraction of sp³-hybridized carbons (Fsp3) is 0.182. The molecule has 0 saturated carbocycles. The molecule has 4 aromatic rings. The van der Waals surface area contributed by atoms with Gasteiger partial charge in [-0.25, -0.2) is 9.67 Å². The summed E-state index contributed by atoms with van der Waals surface area (Å²) in [5.41, 5.74) is 3.69. The number of hydrogen-bond acceptors (Lipinski definition) is 6. The second-order valence-electron chi connectivity index (χ2n) is 7.38. The normalized spacial score (nSPS) is 12.3. The lowest BCUT2D eigenvalue weighted by Crippen LogP contribution is -2.27. The van der Waals surface area contributed by atoms with Crippen LogP contribution in [0.4, 0.5) is 5.69 Å². The lowest BCUT2D eigenvalue weighted by molar-refractivity contribution is -0.116. The number of aromatic nitrogens is 4. The lowest BCUT2D eigenvalue weighted by Gasteiger charge is -2.09. The minimum absolute atomic E-state index is 0.156. The molecule has 1 aliphatic rings. The first-order valence-electron chi connectivity index (χ1n) is 9.70. The van der Waals surface area contributed by atoms with Gasteiger partial charge in [0.2, 0.25) is 12.7 Å². The average Bonchev–Trinajstić information content (AvgIpc) is 3.37. The van der Waals surface area contributed by atoms with Gasteiger partial charge in [0, 0.05) is 11.8 Å². The zero-order chi connectivity index (χ0) is 21.5. The Labute approximate surface area is 176 Å². The largest absolute Gasteiger partial charge is 0.454 e. The SMILES string of the molecule is Cc1ccc(-n2ncc3c(=O)n(CC(=O)Nc4ccc5c(c4)OCO5)cnc32)c(C)c1. The number of ether oxygens (including phenoxy) is 2. The van der Waals surface area contributed by atoms with Crippen LogP contribution in [0.3, 0.4) is 0 Å². The van der Waals surface area contributed by atoms with E-state index in [9.17, 15) is 9.59 Å². The van der Waals surface area contributed by atoms with Gasteiger partial charge in [-0.15, -0.1) is 0 Å². The maximum Gasteiger partial charge on any atom is 0.264 e. The molecule has 9 heteroatoms. The molecule has 0 unspecified atom stereocenters. The Morgan fingerprint density at radius 2 is 1.97 bits per heavy atom. The van der Waals surface area contributed by atoms with Gasteiger partial charge in [0.05, 0.1) is 11.9 Å². The Balaban J connectivity index is 1.40. The molecule has 2 aromatic carbocycles. The lowest BCUT2D eigenvalue weighted by atomic mass is 10.1. The van der Waals surface area contributed by atoms with Crippen molar-refractivity contribution in [1.29, 1.82) is 0 Å². The molecule has 1 aliphatic heterocycles. The molecule has 1 N–H and O–H groups in total. The minimum atomic E-state index is -0.358. The third kappa shape index (κ3) is 3.39. The summed E-state index contributed by atoms with van der Waals surface area (Å²) in [5.74, 6) is 0.838. The number of nitrogens with one attached hydrogen (secondary N) is 1. The molecule has 156 valence electrons. The van der Waals surface area contributed by atoms with E-state index in [4.69, 9.17) is 9.47 Å². The minimum Gasteiger partial charge on any atom is -0.454 e. The topological polar surface area (TPSA) is 100 Å².